The lowest BCUT2D eigenvalue weighted by Crippen LogP contribution is -2.47. The van der Waals surface area contributed by atoms with Gasteiger partial charge in [-0.15, -0.1) is 0 Å². The summed E-state index contributed by atoms with van der Waals surface area (Å²) >= 11 is 0. The van der Waals surface area contributed by atoms with E-state index >= 15 is 0 Å². The molecule has 1 N–H and O–H groups in total. The zero-order valence-corrected chi connectivity index (χ0v) is 21.6. The molecule has 1 aliphatic rings. The second-order valence-electron chi connectivity index (χ2n) is 10.1. The molecular formula is C30H39NO4. The molecule has 0 unspecified atom stereocenters. The summed E-state index contributed by atoms with van der Waals surface area (Å²) in [6.07, 6.45) is 4.83. The SMILES string of the molecule is CCC(=O)c1ccc(C(=O)c2cc(C)cc(CC(=O)N3CCC(O)(CC(CC)CC)CC3)c2)cc1. The predicted octanol–water partition coefficient (Wildman–Crippen LogP) is 5.54. The standard InChI is InChI=1S/C30H39NO4/c1-5-22(6-2)20-30(35)12-14-31(15-13-30)28(33)19-23-16-21(4)17-26(18-23)29(34)25-10-8-24(9-11-25)27(32)7-3/h8-11,16-18,22,35H,5-7,12-15,19-20H2,1-4H3. The lowest BCUT2D eigenvalue weighted by molar-refractivity contribution is -0.135. The average molecular weight is 478 g/mol. The zero-order valence-electron chi connectivity index (χ0n) is 21.6. The van der Waals surface area contributed by atoms with Crippen LogP contribution in [0.4, 0.5) is 0 Å². The monoisotopic (exact) mass is 477 g/mol. The maximum absolute atomic E-state index is 13.1. The summed E-state index contributed by atoms with van der Waals surface area (Å²) in [6.45, 7) is 9.20. The van der Waals surface area contributed by atoms with Crippen molar-refractivity contribution in [1.29, 1.82) is 0 Å². The molecule has 1 saturated heterocycles. The van der Waals surface area contributed by atoms with Crippen molar-refractivity contribution in [2.45, 2.75) is 78.2 Å². The minimum Gasteiger partial charge on any atom is -0.390 e. The van der Waals surface area contributed by atoms with Gasteiger partial charge in [0.1, 0.15) is 0 Å². The number of aryl methyl sites for hydroxylation is 1. The number of likely N-dealkylation sites (tertiary alicyclic amines) is 1. The molecule has 0 saturated carbocycles. The van der Waals surface area contributed by atoms with E-state index in [2.05, 4.69) is 13.8 Å². The molecule has 0 radical (unpaired) electrons. The highest BCUT2D eigenvalue weighted by Crippen LogP contribution is 2.31. The molecule has 0 bridgehead atoms. The van der Waals surface area contributed by atoms with Gasteiger partial charge in [-0.3, -0.25) is 14.4 Å². The van der Waals surface area contributed by atoms with Crippen molar-refractivity contribution in [3.63, 3.8) is 0 Å². The Bertz CT molecular complexity index is 1040. The van der Waals surface area contributed by atoms with Gasteiger partial charge in [0.15, 0.2) is 11.6 Å². The third kappa shape index (κ3) is 6.88. The highest BCUT2D eigenvalue weighted by atomic mass is 16.3. The third-order valence-corrected chi connectivity index (χ3v) is 7.42. The van der Waals surface area contributed by atoms with Gasteiger partial charge in [-0.25, -0.2) is 0 Å². The first-order chi connectivity index (χ1) is 16.7. The van der Waals surface area contributed by atoms with Crippen LogP contribution in [0.1, 0.15) is 96.7 Å². The number of benzene rings is 2. The van der Waals surface area contributed by atoms with Crippen LogP contribution in [-0.2, 0) is 11.2 Å². The summed E-state index contributed by atoms with van der Waals surface area (Å²) in [7, 11) is 0. The van der Waals surface area contributed by atoms with E-state index < -0.39 is 5.60 Å². The Morgan fingerprint density at radius 1 is 0.914 bits per heavy atom. The Kier molecular flexibility index (Phi) is 9.01. The molecule has 0 atom stereocenters. The summed E-state index contributed by atoms with van der Waals surface area (Å²) < 4.78 is 0. The van der Waals surface area contributed by atoms with Gasteiger partial charge in [0.25, 0.3) is 0 Å². The molecule has 5 heteroatoms. The lowest BCUT2D eigenvalue weighted by atomic mass is 9.81. The van der Waals surface area contributed by atoms with E-state index in [1.807, 2.05) is 30.9 Å². The van der Waals surface area contributed by atoms with E-state index in [4.69, 9.17) is 0 Å². The number of rotatable bonds is 10. The van der Waals surface area contributed by atoms with Crippen molar-refractivity contribution in [3.05, 3.63) is 70.3 Å². The van der Waals surface area contributed by atoms with E-state index in [1.54, 1.807) is 30.3 Å². The van der Waals surface area contributed by atoms with Crippen molar-refractivity contribution in [1.82, 2.24) is 4.90 Å². The Balaban J connectivity index is 1.65. The molecule has 1 amide bonds. The molecule has 35 heavy (non-hydrogen) atoms. The van der Waals surface area contributed by atoms with E-state index in [1.165, 1.54) is 0 Å². The topological polar surface area (TPSA) is 74.7 Å². The maximum Gasteiger partial charge on any atom is 0.226 e. The van der Waals surface area contributed by atoms with E-state index in [0.717, 1.165) is 30.4 Å². The van der Waals surface area contributed by atoms with Gasteiger partial charge >= 0.3 is 0 Å². The fourth-order valence-corrected chi connectivity index (χ4v) is 5.05. The van der Waals surface area contributed by atoms with Crippen LogP contribution in [0.2, 0.25) is 0 Å². The van der Waals surface area contributed by atoms with Crippen LogP contribution in [0.5, 0.6) is 0 Å². The first kappa shape index (κ1) is 26.8. The number of hydrogen-bond acceptors (Lipinski definition) is 4. The number of ketones is 2. The van der Waals surface area contributed by atoms with Crippen molar-refractivity contribution < 1.29 is 19.5 Å². The molecule has 2 aromatic rings. The molecular weight excluding hydrogens is 438 g/mol. The van der Waals surface area contributed by atoms with E-state index in [9.17, 15) is 19.5 Å². The Hall–Kier alpha value is -2.79. The van der Waals surface area contributed by atoms with Crippen LogP contribution in [0.3, 0.4) is 0 Å². The van der Waals surface area contributed by atoms with Crippen molar-refractivity contribution in [2.24, 2.45) is 5.92 Å². The molecule has 0 aliphatic carbocycles. The van der Waals surface area contributed by atoms with Crippen LogP contribution < -0.4 is 0 Å². The number of Topliss-reactive ketones (excluding diaryl/α,β-unsaturated/α-hetero) is 1. The molecule has 3 rings (SSSR count). The highest BCUT2D eigenvalue weighted by Gasteiger charge is 2.35. The highest BCUT2D eigenvalue weighted by molar-refractivity contribution is 6.09. The number of aliphatic hydroxyl groups is 1. The number of amides is 1. The Morgan fingerprint density at radius 2 is 1.51 bits per heavy atom. The second kappa shape index (κ2) is 11.8. The van der Waals surface area contributed by atoms with Crippen LogP contribution in [0.25, 0.3) is 0 Å². The number of nitrogens with zero attached hydrogens (tertiary/aromatic N) is 1. The van der Waals surface area contributed by atoms with Gasteiger partial charge in [0.2, 0.25) is 5.91 Å². The smallest absolute Gasteiger partial charge is 0.226 e. The number of carbonyl (C=O) groups excluding carboxylic acids is 3. The van der Waals surface area contributed by atoms with Gasteiger partial charge in [-0.05, 0) is 49.8 Å². The number of piperidine rings is 1. The second-order valence-corrected chi connectivity index (χ2v) is 10.1. The normalized spacial score (nSPS) is 15.3. The fourth-order valence-electron chi connectivity index (χ4n) is 5.05. The van der Waals surface area contributed by atoms with Crippen LogP contribution in [0, 0.1) is 12.8 Å². The molecule has 1 aliphatic heterocycles. The van der Waals surface area contributed by atoms with Crippen molar-refractivity contribution >= 4 is 17.5 Å². The third-order valence-electron chi connectivity index (χ3n) is 7.42. The van der Waals surface area contributed by atoms with E-state index in [-0.39, 0.29) is 23.9 Å². The summed E-state index contributed by atoms with van der Waals surface area (Å²) in [5.74, 6) is 0.476. The van der Waals surface area contributed by atoms with E-state index in [0.29, 0.717) is 55.0 Å². The molecule has 1 fully saturated rings. The summed E-state index contributed by atoms with van der Waals surface area (Å²) in [5.41, 5.74) is 2.73. The minimum absolute atomic E-state index is 0.0287. The minimum atomic E-state index is -0.673. The summed E-state index contributed by atoms with van der Waals surface area (Å²) in [4.78, 5) is 39.8. The van der Waals surface area contributed by atoms with Crippen molar-refractivity contribution in [2.75, 3.05) is 13.1 Å². The fraction of sp³-hybridized carbons (Fsp3) is 0.500. The zero-order chi connectivity index (χ0) is 25.6. The van der Waals surface area contributed by atoms with Crippen LogP contribution in [-0.4, -0.2) is 46.2 Å². The maximum atomic E-state index is 13.1. The lowest BCUT2D eigenvalue weighted by Gasteiger charge is -2.40. The molecule has 0 spiro atoms. The van der Waals surface area contributed by atoms with Crippen LogP contribution in [0.15, 0.2) is 42.5 Å². The summed E-state index contributed by atoms with van der Waals surface area (Å²) in [6, 6.07) is 12.3. The van der Waals surface area contributed by atoms with Crippen LogP contribution >= 0.6 is 0 Å². The predicted molar refractivity (Wildman–Crippen MR) is 139 cm³/mol. The molecule has 2 aromatic carbocycles. The number of carbonyl (C=O) groups is 3. The van der Waals surface area contributed by atoms with Gasteiger partial charge in [0.05, 0.1) is 12.0 Å². The van der Waals surface area contributed by atoms with Gasteiger partial charge in [0, 0.05) is 36.2 Å². The Labute approximate surface area is 209 Å². The quantitative estimate of drug-likeness (QED) is 0.456. The van der Waals surface area contributed by atoms with Gasteiger partial charge in [-0.1, -0.05) is 69.5 Å². The van der Waals surface area contributed by atoms with Gasteiger partial charge in [-0.2, -0.15) is 0 Å². The van der Waals surface area contributed by atoms with Crippen molar-refractivity contribution in [3.8, 4) is 0 Å². The molecule has 0 aromatic heterocycles. The molecule has 5 nitrogen and oxygen atoms in total. The van der Waals surface area contributed by atoms with Gasteiger partial charge < -0.3 is 10.0 Å². The molecule has 188 valence electrons. The average Bonchev–Trinajstić information content (AvgIpc) is 2.86. The summed E-state index contributed by atoms with van der Waals surface area (Å²) in [5, 5.41) is 11.0. The first-order valence-electron chi connectivity index (χ1n) is 13.0. The largest absolute Gasteiger partial charge is 0.390 e. The molecule has 1 heterocycles. The first-order valence-corrected chi connectivity index (χ1v) is 13.0. The number of hydrogen-bond donors (Lipinski definition) is 1. The Morgan fingerprint density at radius 3 is 2.09 bits per heavy atom.